The van der Waals surface area contributed by atoms with Crippen molar-refractivity contribution in [2.75, 3.05) is 11.9 Å². The van der Waals surface area contributed by atoms with Crippen LogP contribution in [0.4, 0.5) is 11.4 Å². The number of thioether (sulfide) groups is 1. The number of hydrogen-bond donors (Lipinski definition) is 1. The highest BCUT2D eigenvalue weighted by Crippen LogP contribution is 2.30. The molecule has 3 aromatic rings. The number of amidine groups is 1. The van der Waals surface area contributed by atoms with Crippen LogP contribution in [0.25, 0.3) is 0 Å². The van der Waals surface area contributed by atoms with E-state index in [-0.39, 0.29) is 18.2 Å². The number of benzene rings is 3. The van der Waals surface area contributed by atoms with E-state index in [1.165, 1.54) is 11.8 Å². The molecule has 4 rings (SSSR count). The fourth-order valence-corrected chi connectivity index (χ4v) is 4.63. The summed E-state index contributed by atoms with van der Waals surface area (Å²) in [6, 6.07) is 27.2. The molecule has 6 heteroatoms. The van der Waals surface area contributed by atoms with Crippen molar-refractivity contribution in [2.45, 2.75) is 25.0 Å². The zero-order valence-corrected chi connectivity index (χ0v) is 18.7. The number of rotatable bonds is 6. The Morgan fingerprint density at radius 1 is 1.03 bits per heavy atom. The first-order valence-electron chi connectivity index (χ1n) is 10.6. The van der Waals surface area contributed by atoms with E-state index in [9.17, 15) is 9.59 Å². The smallest absolute Gasteiger partial charge is 0.238 e. The lowest BCUT2D eigenvalue weighted by Crippen LogP contribution is -2.46. The molecule has 0 radical (unpaired) electrons. The molecule has 0 unspecified atom stereocenters. The third-order valence-corrected chi connectivity index (χ3v) is 6.35. The summed E-state index contributed by atoms with van der Waals surface area (Å²) in [6.07, 6.45) is 0.867. The lowest BCUT2D eigenvalue weighted by molar-refractivity contribution is -0.129. The van der Waals surface area contributed by atoms with E-state index in [1.807, 2.05) is 91.9 Å². The van der Waals surface area contributed by atoms with Gasteiger partial charge in [0.25, 0.3) is 0 Å². The molecule has 1 aliphatic heterocycles. The average molecular weight is 444 g/mol. The minimum Gasteiger partial charge on any atom is -0.325 e. The van der Waals surface area contributed by atoms with Gasteiger partial charge < -0.3 is 5.32 Å². The lowest BCUT2D eigenvalue weighted by atomic mass is 10.1. The van der Waals surface area contributed by atoms with Crippen molar-refractivity contribution in [3.63, 3.8) is 0 Å². The Kier molecular flexibility index (Phi) is 7.02. The Morgan fingerprint density at radius 3 is 2.47 bits per heavy atom. The summed E-state index contributed by atoms with van der Waals surface area (Å²) in [7, 11) is 0. The van der Waals surface area contributed by atoms with Crippen molar-refractivity contribution in [1.82, 2.24) is 4.90 Å². The first-order chi connectivity index (χ1) is 15.6. The maximum Gasteiger partial charge on any atom is 0.238 e. The van der Waals surface area contributed by atoms with Gasteiger partial charge in [-0.15, -0.1) is 0 Å². The molecule has 0 saturated carbocycles. The number of nitrogens with one attached hydrogen (secondary N) is 1. The van der Waals surface area contributed by atoms with Gasteiger partial charge in [0, 0.05) is 18.7 Å². The van der Waals surface area contributed by atoms with Crippen molar-refractivity contribution in [3.05, 3.63) is 96.1 Å². The number of amides is 2. The van der Waals surface area contributed by atoms with Gasteiger partial charge in [0.15, 0.2) is 5.17 Å². The van der Waals surface area contributed by atoms with Crippen LogP contribution < -0.4 is 5.32 Å². The second-order valence-electron chi connectivity index (χ2n) is 7.68. The highest BCUT2D eigenvalue weighted by atomic mass is 32.2. The molecule has 1 saturated heterocycles. The Balaban J connectivity index is 1.54. The van der Waals surface area contributed by atoms with Crippen molar-refractivity contribution >= 4 is 40.1 Å². The molecule has 32 heavy (non-hydrogen) atoms. The molecule has 1 N–H and O–H groups in total. The van der Waals surface area contributed by atoms with Gasteiger partial charge in [-0.1, -0.05) is 72.4 Å². The molecule has 0 spiro atoms. The highest BCUT2D eigenvalue weighted by molar-refractivity contribution is 8.15. The van der Waals surface area contributed by atoms with Crippen molar-refractivity contribution < 1.29 is 9.59 Å². The summed E-state index contributed by atoms with van der Waals surface area (Å²) >= 11 is 1.35. The minimum atomic E-state index is -0.529. The molecule has 2 amide bonds. The van der Waals surface area contributed by atoms with Gasteiger partial charge in [-0.05, 0) is 48.7 Å². The van der Waals surface area contributed by atoms with Crippen LogP contribution in [0.5, 0.6) is 0 Å². The molecule has 1 heterocycles. The molecule has 3 aromatic carbocycles. The average Bonchev–Trinajstić information content (AvgIpc) is 2.80. The topological polar surface area (TPSA) is 61.8 Å². The number of para-hydroxylation sites is 1. The normalized spacial score (nSPS) is 17.4. The van der Waals surface area contributed by atoms with Gasteiger partial charge in [0.2, 0.25) is 11.8 Å². The van der Waals surface area contributed by atoms with Crippen molar-refractivity contribution in [3.8, 4) is 0 Å². The Morgan fingerprint density at radius 2 is 1.75 bits per heavy atom. The maximum atomic E-state index is 13.1. The third-order valence-electron chi connectivity index (χ3n) is 5.17. The molecule has 1 atom stereocenters. The molecular formula is C26H25N3O2S. The number of nitrogens with zero attached hydrogens (tertiary/aromatic N) is 2. The number of anilines is 1. The number of carbonyl (C=O) groups is 2. The van der Waals surface area contributed by atoms with E-state index in [0.717, 1.165) is 28.9 Å². The van der Waals surface area contributed by atoms with Crippen LogP contribution in [0.3, 0.4) is 0 Å². The van der Waals surface area contributed by atoms with E-state index in [4.69, 9.17) is 4.99 Å². The second kappa shape index (κ2) is 10.3. The predicted octanol–water partition coefficient (Wildman–Crippen LogP) is 5.20. The molecule has 1 fully saturated rings. The first kappa shape index (κ1) is 21.8. The summed E-state index contributed by atoms with van der Waals surface area (Å²) in [5.41, 5.74) is 3.71. The lowest BCUT2D eigenvalue weighted by Gasteiger charge is -2.32. The molecular weight excluding hydrogens is 418 g/mol. The zero-order valence-electron chi connectivity index (χ0n) is 17.9. The third kappa shape index (κ3) is 5.65. The summed E-state index contributed by atoms with van der Waals surface area (Å²) in [5, 5.41) is 2.98. The summed E-state index contributed by atoms with van der Waals surface area (Å²) in [6.45, 7) is 2.50. The summed E-state index contributed by atoms with van der Waals surface area (Å²) in [4.78, 5) is 32.5. The van der Waals surface area contributed by atoms with Gasteiger partial charge in [-0.3, -0.25) is 14.5 Å². The van der Waals surface area contributed by atoms with E-state index in [2.05, 4.69) is 5.32 Å². The predicted molar refractivity (Wildman–Crippen MR) is 131 cm³/mol. The van der Waals surface area contributed by atoms with Crippen molar-refractivity contribution in [1.29, 1.82) is 0 Å². The number of hydrogen-bond acceptors (Lipinski definition) is 4. The summed E-state index contributed by atoms with van der Waals surface area (Å²) < 4.78 is 0. The number of aryl methyl sites for hydroxylation is 1. The zero-order chi connectivity index (χ0) is 22.3. The molecule has 162 valence electrons. The van der Waals surface area contributed by atoms with Gasteiger partial charge in [-0.2, -0.15) is 0 Å². The molecule has 1 aliphatic rings. The maximum absolute atomic E-state index is 13.1. The van der Waals surface area contributed by atoms with Gasteiger partial charge in [0.05, 0.1) is 5.69 Å². The van der Waals surface area contributed by atoms with Crippen LogP contribution in [0.15, 0.2) is 89.9 Å². The van der Waals surface area contributed by atoms with Crippen LogP contribution >= 0.6 is 11.8 Å². The molecule has 5 nitrogen and oxygen atoms in total. The standard InChI is InChI=1S/C26H25N3O2S/c1-19-9-8-14-22(17-19)27-25(31)23-18-24(30)29(16-15-20-10-4-2-5-11-20)26(32-23)28-21-12-6-3-7-13-21/h2-14,17,23H,15-16,18H2,1H3,(H,27,31)/t23-/m0/s1. The Bertz CT molecular complexity index is 1120. The van der Waals surface area contributed by atoms with Crippen LogP contribution in [0, 0.1) is 6.92 Å². The Hall–Kier alpha value is -3.38. The first-order valence-corrected chi connectivity index (χ1v) is 11.5. The fraction of sp³-hybridized carbons (Fsp3) is 0.192. The largest absolute Gasteiger partial charge is 0.325 e. The molecule has 0 bridgehead atoms. The number of carbonyl (C=O) groups excluding carboxylic acids is 2. The fourth-order valence-electron chi connectivity index (χ4n) is 3.51. The quantitative estimate of drug-likeness (QED) is 0.570. The monoisotopic (exact) mass is 443 g/mol. The summed E-state index contributed by atoms with van der Waals surface area (Å²) in [5.74, 6) is -0.267. The van der Waals surface area contributed by atoms with Gasteiger partial charge >= 0.3 is 0 Å². The van der Waals surface area contributed by atoms with E-state index < -0.39 is 5.25 Å². The van der Waals surface area contributed by atoms with Crippen LogP contribution in [0.1, 0.15) is 17.5 Å². The highest BCUT2D eigenvalue weighted by Gasteiger charge is 2.35. The van der Waals surface area contributed by atoms with Crippen LogP contribution in [0.2, 0.25) is 0 Å². The van der Waals surface area contributed by atoms with Crippen LogP contribution in [-0.4, -0.2) is 33.7 Å². The number of aliphatic imine (C=N–C) groups is 1. The minimum absolute atomic E-state index is 0.0845. The second-order valence-corrected chi connectivity index (χ2v) is 8.85. The van der Waals surface area contributed by atoms with Crippen LogP contribution in [-0.2, 0) is 16.0 Å². The Labute approximate surface area is 192 Å². The SMILES string of the molecule is Cc1cccc(NC(=O)[C@@H]2CC(=O)N(CCc3ccccc3)C(=Nc3ccccc3)S2)c1. The molecule has 0 aromatic heterocycles. The van der Waals surface area contributed by atoms with Gasteiger partial charge in [0.1, 0.15) is 5.25 Å². The van der Waals surface area contributed by atoms with Gasteiger partial charge in [-0.25, -0.2) is 4.99 Å². The van der Waals surface area contributed by atoms with E-state index in [1.54, 1.807) is 4.90 Å². The van der Waals surface area contributed by atoms with E-state index >= 15 is 0 Å². The van der Waals surface area contributed by atoms with E-state index in [0.29, 0.717) is 11.7 Å². The van der Waals surface area contributed by atoms with Crippen molar-refractivity contribution in [2.24, 2.45) is 4.99 Å². The molecule has 0 aliphatic carbocycles.